The predicted molar refractivity (Wildman–Crippen MR) is 173 cm³/mol. The minimum atomic E-state index is -0.693. The van der Waals surface area contributed by atoms with E-state index in [9.17, 15) is 14.4 Å². The fraction of sp³-hybridized carbons (Fsp3) is 0.333. The number of pyridine rings is 1. The van der Waals surface area contributed by atoms with E-state index in [-0.39, 0.29) is 37.3 Å². The number of anilines is 2. The van der Waals surface area contributed by atoms with Crippen LogP contribution in [0.25, 0.3) is 11.0 Å². The Morgan fingerprint density at radius 3 is 2.51 bits per heavy atom. The van der Waals surface area contributed by atoms with Crippen LogP contribution in [-0.2, 0) is 20.8 Å². The summed E-state index contributed by atoms with van der Waals surface area (Å²) in [6, 6.07) is 17.7. The summed E-state index contributed by atoms with van der Waals surface area (Å²) in [5.41, 5.74) is 9.24. The molecule has 0 atom stereocenters. The van der Waals surface area contributed by atoms with Gasteiger partial charge < -0.3 is 25.5 Å². The lowest BCUT2D eigenvalue weighted by Gasteiger charge is -2.21. The minimum Gasteiger partial charge on any atom is -0.466 e. The number of nitrogens with one attached hydrogen (secondary N) is 2. The SMILES string of the molecule is CCCCCCOC(=O)N=C(N)c1ccc(NCc2nc3ccc(C(=O)N(CCC(=O)OCC)c4ccccn4)cc3[nH]2)cc1. The molecule has 0 fully saturated rings. The second-order valence-electron chi connectivity index (χ2n) is 10.2. The third-order valence-corrected chi connectivity index (χ3v) is 6.87. The van der Waals surface area contributed by atoms with Gasteiger partial charge in [0.1, 0.15) is 17.5 Å². The maximum Gasteiger partial charge on any atom is 0.435 e. The molecule has 0 saturated heterocycles. The first-order chi connectivity index (χ1) is 21.9. The van der Waals surface area contributed by atoms with Crippen molar-refractivity contribution < 1.29 is 23.9 Å². The van der Waals surface area contributed by atoms with Crippen LogP contribution >= 0.6 is 0 Å². The van der Waals surface area contributed by atoms with Crippen LogP contribution in [0.2, 0.25) is 0 Å². The number of rotatable bonds is 15. The van der Waals surface area contributed by atoms with Crippen molar-refractivity contribution in [3.8, 4) is 0 Å². The van der Waals surface area contributed by atoms with Crippen LogP contribution in [0.1, 0.15) is 67.7 Å². The molecule has 0 bridgehead atoms. The van der Waals surface area contributed by atoms with Crippen molar-refractivity contribution in [1.82, 2.24) is 15.0 Å². The molecular weight excluding hydrogens is 574 g/mol. The van der Waals surface area contributed by atoms with E-state index in [1.165, 1.54) is 4.90 Å². The number of nitrogens with two attached hydrogens (primary N) is 1. The third kappa shape index (κ3) is 9.62. The molecule has 0 spiro atoms. The number of amidine groups is 1. The van der Waals surface area contributed by atoms with Gasteiger partial charge >= 0.3 is 12.1 Å². The summed E-state index contributed by atoms with van der Waals surface area (Å²) in [6.45, 7) is 4.99. The predicted octanol–water partition coefficient (Wildman–Crippen LogP) is 5.59. The maximum absolute atomic E-state index is 13.5. The normalized spacial score (nSPS) is 11.3. The maximum atomic E-state index is 13.5. The molecule has 4 N–H and O–H groups in total. The topological polar surface area (TPSA) is 165 Å². The van der Waals surface area contributed by atoms with Gasteiger partial charge in [-0.15, -0.1) is 0 Å². The Balaban J connectivity index is 1.37. The number of aliphatic imine (C=N–C) groups is 1. The fourth-order valence-electron chi connectivity index (χ4n) is 4.53. The highest BCUT2D eigenvalue weighted by molar-refractivity contribution is 6.07. The van der Waals surface area contributed by atoms with E-state index < -0.39 is 6.09 Å². The molecule has 0 aliphatic heterocycles. The van der Waals surface area contributed by atoms with Crippen LogP contribution in [-0.4, -0.2) is 58.5 Å². The Morgan fingerprint density at radius 2 is 1.78 bits per heavy atom. The van der Waals surface area contributed by atoms with Crippen molar-refractivity contribution in [3.63, 3.8) is 0 Å². The van der Waals surface area contributed by atoms with E-state index in [1.807, 2.05) is 12.1 Å². The van der Waals surface area contributed by atoms with Crippen molar-refractivity contribution in [2.75, 3.05) is 30.0 Å². The number of fused-ring (bicyclic) bond motifs is 1. The van der Waals surface area contributed by atoms with Crippen LogP contribution < -0.4 is 16.0 Å². The minimum absolute atomic E-state index is 0.0460. The first-order valence-corrected chi connectivity index (χ1v) is 15.1. The van der Waals surface area contributed by atoms with Crippen molar-refractivity contribution in [1.29, 1.82) is 0 Å². The number of aromatic nitrogens is 3. The highest BCUT2D eigenvalue weighted by atomic mass is 16.5. The number of ether oxygens (including phenoxy) is 2. The van der Waals surface area contributed by atoms with Crippen molar-refractivity contribution in [2.45, 2.75) is 52.5 Å². The van der Waals surface area contributed by atoms with Crippen molar-refractivity contribution in [3.05, 3.63) is 83.8 Å². The molecule has 2 aromatic heterocycles. The van der Waals surface area contributed by atoms with Crippen LogP contribution in [0, 0.1) is 0 Å². The summed E-state index contributed by atoms with van der Waals surface area (Å²) in [5.74, 6) is 0.526. The molecule has 12 heteroatoms. The molecule has 4 rings (SSSR count). The van der Waals surface area contributed by atoms with E-state index in [1.54, 1.807) is 61.7 Å². The van der Waals surface area contributed by atoms with Crippen LogP contribution in [0.5, 0.6) is 0 Å². The monoisotopic (exact) mass is 613 g/mol. The summed E-state index contributed by atoms with van der Waals surface area (Å²) in [7, 11) is 0. The Morgan fingerprint density at radius 1 is 0.978 bits per heavy atom. The van der Waals surface area contributed by atoms with E-state index in [0.29, 0.717) is 47.0 Å². The lowest BCUT2D eigenvalue weighted by atomic mass is 10.1. The molecule has 12 nitrogen and oxygen atoms in total. The van der Waals surface area contributed by atoms with E-state index in [4.69, 9.17) is 15.2 Å². The number of benzene rings is 2. The number of hydrogen-bond donors (Lipinski definition) is 3. The summed E-state index contributed by atoms with van der Waals surface area (Å²) in [6.07, 6.45) is 4.99. The first kappa shape index (κ1) is 32.6. The Kier molecular flexibility index (Phi) is 12.0. The summed E-state index contributed by atoms with van der Waals surface area (Å²) < 4.78 is 10.2. The smallest absolute Gasteiger partial charge is 0.435 e. The van der Waals surface area contributed by atoms with E-state index in [2.05, 4.69) is 32.2 Å². The lowest BCUT2D eigenvalue weighted by molar-refractivity contribution is -0.142. The highest BCUT2D eigenvalue weighted by Crippen LogP contribution is 2.20. The number of esters is 1. The molecule has 0 aliphatic carbocycles. The number of carbonyl (C=O) groups is 3. The molecule has 0 aliphatic rings. The average Bonchev–Trinajstić information content (AvgIpc) is 3.47. The highest BCUT2D eigenvalue weighted by Gasteiger charge is 2.21. The number of aromatic amines is 1. The molecule has 0 unspecified atom stereocenters. The molecule has 2 amide bonds. The third-order valence-electron chi connectivity index (χ3n) is 6.87. The molecular formula is C33H39N7O5. The molecule has 45 heavy (non-hydrogen) atoms. The molecule has 0 saturated carbocycles. The zero-order valence-corrected chi connectivity index (χ0v) is 25.6. The number of nitrogens with zero attached hydrogens (tertiary/aromatic N) is 4. The first-order valence-electron chi connectivity index (χ1n) is 15.1. The van der Waals surface area contributed by atoms with Gasteiger partial charge in [-0.25, -0.2) is 14.8 Å². The standard InChI is InChI=1S/C33H39N7O5/c1-3-5-6-9-20-45-33(43)39-31(34)23-11-14-25(15-12-23)36-22-28-37-26-16-13-24(21-27(26)38-28)32(42)40(19-17-30(41)44-4-2)29-10-7-8-18-35-29/h7-8,10-16,18,21,36H,3-6,9,17,19-20,22H2,1-2H3,(H,37,38)(H2,34,39,43). The van der Waals surface area contributed by atoms with Gasteiger partial charge in [0.2, 0.25) is 0 Å². The number of amides is 2. The lowest BCUT2D eigenvalue weighted by Crippen LogP contribution is -2.34. The van der Waals surface area contributed by atoms with E-state index in [0.717, 1.165) is 31.4 Å². The zero-order valence-electron chi connectivity index (χ0n) is 25.6. The molecule has 2 aromatic carbocycles. The Hall–Kier alpha value is -5.26. The van der Waals surface area contributed by atoms with Crippen LogP contribution in [0.4, 0.5) is 16.3 Å². The average molecular weight is 614 g/mol. The van der Waals surface area contributed by atoms with Gasteiger partial charge in [0.25, 0.3) is 5.91 Å². The largest absolute Gasteiger partial charge is 0.466 e. The van der Waals surface area contributed by atoms with Gasteiger partial charge in [-0.1, -0.05) is 32.3 Å². The number of hydrogen-bond acceptors (Lipinski definition) is 8. The number of carbonyl (C=O) groups excluding carboxylic acids is 3. The van der Waals surface area contributed by atoms with Gasteiger partial charge in [-0.3, -0.25) is 14.5 Å². The number of imidazole rings is 1. The van der Waals surface area contributed by atoms with Gasteiger partial charge in [0.05, 0.1) is 37.2 Å². The zero-order chi connectivity index (χ0) is 32.0. The molecule has 4 aromatic rings. The van der Waals surface area contributed by atoms with Gasteiger partial charge in [0, 0.05) is 29.6 Å². The van der Waals surface area contributed by atoms with Crippen molar-refractivity contribution >= 4 is 46.3 Å². The number of unbranched alkanes of at least 4 members (excludes halogenated alkanes) is 3. The Labute approximate surface area is 262 Å². The van der Waals surface area contributed by atoms with Gasteiger partial charge in [-0.05, 0) is 67.9 Å². The quantitative estimate of drug-likeness (QED) is 0.0670. The Bertz CT molecular complexity index is 1600. The second kappa shape index (κ2) is 16.6. The molecule has 2 heterocycles. The summed E-state index contributed by atoms with van der Waals surface area (Å²) in [4.78, 5) is 55.0. The van der Waals surface area contributed by atoms with Crippen molar-refractivity contribution in [2.24, 2.45) is 10.7 Å². The fourth-order valence-corrected chi connectivity index (χ4v) is 4.53. The van der Waals surface area contributed by atoms with Gasteiger partial charge in [-0.2, -0.15) is 4.99 Å². The summed E-state index contributed by atoms with van der Waals surface area (Å²) >= 11 is 0. The summed E-state index contributed by atoms with van der Waals surface area (Å²) in [5, 5.41) is 3.29. The second-order valence-corrected chi connectivity index (χ2v) is 10.2. The molecule has 0 radical (unpaired) electrons. The number of H-pyrrole nitrogens is 1. The van der Waals surface area contributed by atoms with Crippen LogP contribution in [0.15, 0.2) is 71.9 Å². The van der Waals surface area contributed by atoms with E-state index >= 15 is 0 Å². The van der Waals surface area contributed by atoms with Gasteiger partial charge in [0.15, 0.2) is 0 Å². The van der Waals surface area contributed by atoms with Crippen LogP contribution in [0.3, 0.4) is 0 Å². The molecule has 236 valence electrons.